The fourth-order valence-corrected chi connectivity index (χ4v) is 1.96. The number of rotatable bonds is 4. The van der Waals surface area contributed by atoms with E-state index in [4.69, 9.17) is 4.74 Å². The minimum Gasteiger partial charge on any atom is -0.380 e. The third kappa shape index (κ3) is 4.70. The van der Waals surface area contributed by atoms with Gasteiger partial charge < -0.3 is 4.74 Å². The SMILES string of the molecule is FC(F)(F)N1CCC[C@H](COCCBr)C1. The molecule has 0 radical (unpaired) electrons. The van der Waals surface area contributed by atoms with Crippen molar-refractivity contribution < 1.29 is 17.9 Å². The zero-order valence-corrected chi connectivity index (χ0v) is 9.98. The molecule has 1 heterocycles. The maximum atomic E-state index is 12.4. The number of halogens is 4. The summed E-state index contributed by atoms with van der Waals surface area (Å²) < 4.78 is 42.4. The Morgan fingerprint density at radius 2 is 2.13 bits per heavy atom. The minimum absolute atomic E-state index is 0.0134. The van der Waals surface area contributed by atoms with Crippen molar-refractivity contribution in [2.24, 2.45) is 5.92 Å². The van der Waals surface area contributed by atoms with Gasteiger partial charge in [-0.2, -0.15) is 13.2 Å². The number of piperidine rings is 1. The van der Waals surface area contributed by atoms with E-state index in [9.17, 15) is 13.2 Å². The van der Waals surface area contributed by atoms with E-state index in [1.54, 1.807) is 0 Å². The predicted molar refractivity (Wildman–Crippen MR) is 55.0 cm³/mol. The van der Waals surface area contributed by atoms with Crippen LogP contribution in [0.3, 0.4) is 0 Å². The highest BCUT2D eigenvalue weighted by molar-refractivity contribution is 9.09. The van der Waals surface area contributed by atoms with Crippen molar-refractivity contribution in [1.29, 1.82) is 0 Å². The molecule has 0 aliphatic carbocycles. The third-order valence-electron chi connectivity index (χ3n) is 2.45. The molecule has 1 aliphatic heterocycles. The van der Waals surface area contributed by atoms with E-state index in [2.05, 4.69) is 15.9 Å². The topological polar surface area (TPSA) is 12.5 Å². The van der Waals surface area contributed by atoms with E-state index in [0.717, 1.165) is 11.8 Å². The standard InChI is InChI=1S/C9H15BrF3NO/c10-3-5-15-7-8-2-1-4-14(6-8)9(11,12)13/h8H,1-7H2/t8-/m0/s1. The summed E-state index contributed by atoms with van der Waals surface area (Å²) in [5.41, 5.74) is 0. The summed E-state index contributed by atoms with van der Waals surface area (Å²) >= 11 is 3.20. The van der Waals surface area contributed by atoms with Crippen molar-refractivity contribution in [3.63, 3.8) is 0 Å². The summed E-state index contributed by atoms with van der Waals surface area (Å²) in [6, 6.07) is 0. The third-order valence-corrected chi connectivity index (χ3v) is 2.78. The van der Waals surface area contributed by atoms with Gasteiger partial charge in [0.25, 0.3) is 0 Å². The molecule has 0 unspecified atom stereocenters. The average Bonchev–Trinajstić information content (AvgIpc) is 2.17. The van der Waals surface area contributed by atoms with Crippen molar-refractivity contribution in [3.8, 4) is 0 Å². The van der Waals surface area contributed by atoms with E-state index >= 15 is 0 Å². The van der Waals surface area contributed by atoms with Gasteiger partial charge in [0.1, 0.15) is 0 Å². The smallest absolute Gasteiger partial charge is 0.380 e. The van der Waals surface area contributed by atoms with Crippen LogP contribution in [-0.2, 0) is 4.74 Å². The molecule has 90 valence electrons. The lowest BCUT2D eigenvalue weighted by molar-refractivity contribution is -0.254. The van der Waals surface area contributed by atoms with Crippen LogP contribution in [0.15, 0.2) is 0 Å². The Morgan fingerprint density at radius 3 is 2.73 bits per heavy atom. The van der Waals surface area contributed by atoms with Gasteiger partial charge in [-0.1, -0.05) is 15.9 Å². The van der Waals surface area contributed by atoms with Gasteiger partial charge in [-0.15, -0.1) is 0 Å². The second-order valence-electron chi connectivity index (χ2n) is 3.69. The zero-order chi connectivity index (χ0) is 11.3. The maximum absolute atomic E-state index is 12.4. The number of hydrogen-bond donors (Lipinski definition) is 0. The predicted octanol–water partition coefficient (Wildman–Crippen LogP) is 2.63. The Morgan fingerprint density at radius 1 is 1.40 bits per heavy atom. The summed E-state index contributed by atoms with van der Waals surface area (Å²) in [5, 5.41) is 0.725. The van der Waals surface area contributed by atoms with Crippen LogP contribution in [0.1, 0.15) is 12.8 Å². The van der Waals surface area contributed by atoms with Gasteiger partial charge in [-0.25, -0.2) is 4.90 Å². The van der Waals surface area contributed by atoms with Crippen molar-refractivity contribution >= 4 is 15.9 Å². The van der Waals surface area contributed by atoms with Crippen molar-refractivity contribution in [2.45, 2.75) is 19.1 Å². The van der Waals surface area contributed by atoms with Gasteiger partial charge in [0.05, 0.1) is 13.2 Å². The van der Waals surface area contributed by atoms with E-state index in [0.29, 0.717) is 24.5 Å². The number of hydrogen-bond acceptors (Lipinski definition) is 2. The zero-order valence-electron chi connectivity index (χ0n) is 8.39. The van der Waals surface area contributed by atoms with Crippen LogP contribution in [0.5, 0.6) is 0 Å². The van der Waals surface area contributed by atoms with Crippen LogP contribution in [0.25, 0.3) is 0 Å². The molecule has 1 saturated heterocycles. The highest BCUT2D eigenvalue weighted by atomic mass is 79.9. The lowest BCUT2D eigenvalue weighted by atomic mass is 9.99. The van der Waals surface area contributed by atoms with Crippen LogP contribution in [0.2, 0.25) is 0 Å². The van der Waals surface area contributed by atoms with E-state index in [1.807, 2.05) is 0 Å². The first-order valence-electron chi connectivity index (χ1n) is 4.99. The van der Waals surface area contributed by atoms with Crippen LogP contribution >= 0.6 is 15.9 Å². The minimum atomic E-state index is -4.19. The van der Waals surface area contributed by atoms with Gasteiger partial charge in [0.2, 0.25) is 0 Å². The monoisotopic (exact) mass is 289 g/mol. The normalized spacial score (nSPS) is 24.4. The molecule has 1 fully saturated rings. The number of alkyl halides is 4. The van der Waals surface area contributed by atoms with E-state index in [1.165, 1.54) is 0 Å². The lowest BCUT2D eigenvalue weighted by Crippen LogP contribution is -2.45. The van der Waals surface area contributed by atoms with Crippen LogP contribution in [-0.4, -0.2) is 42.8 Å². The van der Waals surface area contributed by atoms with Gasteiger partial charge in [-0.3, -0.25) is 0 Å². The summed E-state index contributed by atoms with van der Waals surface area (Å²) in [5.74, 6) is 0.0134. The summed E-state index contributed by atoms with van der Waals surface area (Å²) in [7, 11) is 0. The van der Waals surface area contributed by atoms with Crippen molar-refractivity contribution in [3.05, 3.63) is 0 Å². The molecule has 1 atom stereocenters. The second kappa shape index (κ2) is 6.06. The first kappa shape index (κ1) is 13.3. The first-order valence-corrected chi connectivity index (χ1v) is 6.11. The molecular weight excluding hydrogens is 275 g/mol. The largest absolute Gasteiger partial charge is 0.459 e. The number of likely N-dealkylation sites (tertiary alicyclic amines) is 1. The molecule has 0 amide bonds. The Balaban J connectivity index is 2.29. The average molecular weight is 290 g/mol. The lowest BCUT2D eigenvalue weighted by Gasteiger charge is -2.33. The van der Waals surface area contributed by atoms with E-state index in [-0.39, 0.29) is 19.0 Å². The van der Waals surface area contributed by atoms with Crippen LogP contribution in [0.4, 0.5) is 13.2 Å². The van der Waals surface area contributed by atoms with Gasteiger partial charge >= 0.3 is 6.30 Å². The molecule has 0 aromatic rings. The number of ether oxygens (including phenoxy) is 1. The van der Waals surface area contributed by atoms with Crippen LogP contribution < -0.4 is 0 Å². The molecule has 0 N–H and O–H groups in total. The molecule has 6 heteroatoms. The molecule has 1 rings (SSSR count). The first-order chi connectivity index (χ1) is 7.04. The van der Waals surface area contributed by atoms with E-state index < -0.39 is 6.30 Å². The molecule has 1 aliphatic rings. The summed E-state index contributed by atoms with van der Waals surface area (Å²) in [6.45, 7) is 1.19. The highest BCUT2D eigenvalue weighted by Gasteiger charge is 2.39. The van der Waals surface area contributed by atoms with Crippen LogP contribution in [0, 0.1) is 5.92 Å². The Bertz CT molecular complexity index is 189. The van der Waals surface area contributed by atoms with Gasteiger partial charge in [0.15, 0.2) is 0 Å². The fourth-order valence-electron chi connectivity index (χ4n) is 1.74. The molecule has 0 aromatic heterocycles. The molecular formula is C9H15BrF3NO. The maximum Gasteiger partial charge on any atom is 0.459 e. The van der Waals surface area contributed by atoms with Crippen molar-refractivity contribution in [2.75, 3.05) is 31.6 Å². The molecule has 15 heavy (non-hydrogen) atoms. The summed E-state index contributed by atoms with van der Waals surface area (Å²) in [4.78, 5) is 0.582. The molecule has 2 nitrogen and oxygen atoms in total. The highest BCUT2D eigenvalue weighted by Crippen LogP contribution is 2.27. The summed E-state index contributed by atoms with van der Waals surface area (Å²) in [6.07, 6.45) is -2.76. The van der Waals surface area contributed by atoms with Gasteiger partial charge in [0, 0.05) is 18.4 Å². The quantitative estimate of drug-likeness (QED) is 0.448. The number of nitrogens with zero attached hydrogens (tertiary/aromatic N) is 1. The van der Waals surface area contributed by atoms with Gasteiger partial charge in [-0.05, 0) is 18.8 Å². The molecule has 0 aromatic carbocycles. The Hall–Kier alpha value is 0.190. The Kier molecular flexibility index (Phi) is 5.35. The molecule has 0 spiro atoms. The van der Waals surface area contributed by atoms with Crippen molar-refractivity contribution in [1.82, 2.24) is 4.90 Å². The Labute approximate surface area is 95.9 Å². The molecule has 0 bridgehead atoms. The second-order valence-corrected chi connectivity index (χ2v) is 4.48. The molecule has 0 saturated carbocycles. The fraction of sp³-hybridized carbons (Fsp3) is 1.00.